The molecule has 0 radical (unpaired) electrons. The van der Waals surface area contributed by atoms with Crippen LogP contribution in [0.3, 0.4) is 0 Å². The summed E-state index contributed by atoms with van der Waals surface area (Å²) in [5.74, 6) is 1.82. The van der Waals surface area contributed by atoms with Crippen LogP contribution in [0.1, 0.15) is 19.4 Å². The average molecular weight is 366 g/mol. The van der Waals surface area contributed by atoms with Crippen LogP contribution in [0.25, 0.3) is 0 Å². The van der Waals surface area contributed by atoms with Gasteiger partial charge in [0.1, 0.15) is 11.5 Å². The van der Waals surface area contributed by atoms with Gasteiger partial charge < -0.3 is 9.47 Å². The fraction of sp³-hybridized carbons (Fsp3) is 0.217. The molecule has 0 aliphatic heterocycles. The molecule has 0 unspecified atom stereocenters. The Morgan fingerprint density at radius 2 is 0.923 bits per heavy atom. The van der Waals surface area contributed by atoms with E-state index >= 15 is 0 Å². The van der Waals surface area contributed by atoms with Gasteiger partial charge in [0.25, 0.3) is 0 Å². The summed E-state index contributed by atoms with van der Waals surface area (Å²) in [6.45, 7) is 7.49. The van der Waals surface area contributed by atoms with Crippen molar-refractivity contribution in [1.29, 1.82) is 0 Å². The Hall–Kier alpha value is -2.39. The first-order valence-electron chi connectivity index (χ1n) is 8.98. The highest BCUT2D eigenvalue weighted by Gasteiger charge is 2.28. The number of benzene rings is 3. The summed E-state index contributed by atoms with van der Waals surface area (Å²) in [6.07, 6.45) is 0. The maximum Gasteiger partial charge on any atom is 0.166 e. The molecule has 0 amide bonds. The monoisotopic (exact) mass is 365 g/mol. The lowest BCUT2D eigenvalue weighted by atomic mass is 10.2. The first-order valence-corrected chi connectivity index (χ1v) is 10.2. The first kappa shape index (κ1) is 18.4. The van der Waals surface area contributed by atoms with E-state index in [1.54, 1.807) is 0 Å². The topological polar surface area (TPSA) is 18.5 Å². The highest BCUT2D eigenvalue weighted by Crippen LogP contribution is 2.33. The second-order valence-corrected chi connectivity index (χ2v) is 7.95. The Morgan fingerprint density at radius 3 is 1.27 bits per heavy atom. The fourth-order valence-corrected chi connectivity index (χ4v) is 4.80. The molecule has 2 nitrogen and oxygen atoms in total. The van der Waals surface area contributed by atoms with E-state index in [1.807, 2.05) is 13.8 Å². The van der Waals surface area contributed by atoms with Crippen LogP contribution in [0.2, 0.25) is 0 Å². The Kier molecular flexibility index (Phi) is 6.24. The van der Waals surface area contributed by atoms with Crippen LogP contribution >= 0.6 is 0 Å². The van der Waals surface area contributed by atoms with Gasteiger partial charge in [0.15, 0.2) is 14.7 Å². The van der Waals surface area contributed by atoms with E-state index in [-0.39, 0.29) is 10.9 Å². The molecule has 0 N–H and O–H groups in total. The van der Waals surface area contributed by atoms with Gasteiger partial charge in [-0.3, -0.25) is 0 Å². The van der Waals surface area contributed by atoms with Gasteiger partial charge in [-0.2, -0.15) is 0 Å². The Bertz CT molecular complexity index is 759. The molecule has 3 aromatic rings. The van der Waals surface area contributed by atoms with Gasteiger partial charge in [0.2, 0.25) is 0 Å². The van der Waals surface area contributed by atoms with Crippen molar-refractivity contribution < 1.29 is 9.47 Å². The largest absolute Gasteiger partial charge is 0.494 e. The van der Waals surface area contributed by atoms with Crippen LogP contribution in [0, 0.1) is 6.92 Å². The quantitative estimate of drug-likeness (QED) is 0.486. The molecule has 0 bridgehead atoms. The molecule has 0 aliphatic rings. The molecule has 3 heteroatoms. The van der Waals surface area contributed by atoms with Crippen molar-refractivity contribution in [2.24, 2.45) is 0 Å². The van der Waals surface area contributed by atoms with Gasteiger partial charge in [-0.05, 0) is 81.4 Å². The van der Waals surface area contributed by atoms with Crippen LogP contribution < -0.4 is 9.47 Å². The normalized spacial score (nSPS) is 10.8. The minimum Gasteiger partial charge on any atom is -0.494 e. The molecule has 0 aliphatic carbocycles. The van der Waals surface area contributed by atoms with E-state index in [4.69, 9.17) is 9.47 Å². The minimum absolute atomic E-state index is 0.158. The molecule has 0 aromatic heterocycles. The van der Waals surface area contributed by atoms with Crippen molar-refractivity contribution >= 4 is 10.9 Å². The van der Waals surface area contributed by atoms with E-state index in [0.717, 1.165) is 11.5 Å². The summed E-state index contributed by atoms with van der Waals surface area (Å²) in [7, 11) is -0.158. The molecule has 3 rings (SSSR count). The summed E-state index contributed by atoms with van der Waals surface area (Å²) in [6, 6.07) is 25.7. The molecule has 0 heterocycles. The molecule has 0 atom stereocenters. The lowest BCUT2D eigenvalue weighted by Crippen LogP contribution is -2.05. The molecule has 0 saturated carbocycles. The number of aryl methyl sites for hydroxylation is 1. The zero-order chi connectivity index (χ0) is 18.4. The summed E-state index contributed by atoms with van der Waals surface area (Å²) in [5.41, 5.74) is 1.27. The predicted octanol–water partition coefficient (Wildman–Crippen LogP) is 5.89. The maximum atomic E-state index is 5.60. The Morgan fingerprint density at radius 1 is 0.577 bits per heavy atom. The van der Waals surface area contributed by atoms with Gasteiger partial charge >= 0.3 is 0 Å². The fourth-order valence-electron chi connectivity index (χ4n) is 2.76. The Labute approximate surface area is 159 Å². The van der Waals surface area contributed by atoms with Gasteiger partial charge in [0.05, 0.1) is 24.1 Å². The van der Waals surface area contributed by atoms with Crippen molar-refractivity contribution in [2.45, 2.75) is 35.5 Å². The zero-order valence-corrected chi connectivity index (χ0v) is 16.4. The molecule has 134 valence electrons. The second kappa shape index (κ2) is 8.81. The molecule has 26 heavy (non-hydrogen) atoms. The molecular formula is C23H25O2S+. The molecule has 3 aromatic carbocycles. The highest BCUT2D eigenvalue weighted by atomic mass is 32.2. The van der Waals surface area contributed by atoms with Crippen molar-refractivity contribution in [3.63, 3.8) is 0 Å². The van der Waals surface area contributed by atoms with Gasteiger partial charge in [-0.15, -0.1) is 0 Å². The van der Waals surface area contributed by atoms with Gasteiger partial charge in [-0.25, -0.2) is 0 Å². The van der Waals surface area contributed by atoms with Crippen LogP contribution in [-0.2, 0) is 10.9 Å². The Balaban J connectivity index is 1.99. The van der Waals surface area contributed by atoms with Gasteiger partial charge in [-0.1, -0.05) is 17.7 Å². The second-order valence-electron chi connectivity index (χ2n) is 5.93. The van der Waals surface area contributed by atoms with Crippen LogP contribution in [0.4, 0.5) is 0 Å². The summed E-state index contributed by atoms with van der Waals surface area (Å²) in [4.78, 5) is 3.87. The number of rotatable bonds is 7. The standard InChI is InChI=1S/C23H25O2S/c1-4-24-19-8-14-22(15-9-19)26(21-12-6-18(3)7-13-21)23-16-10-20(11-17-23)25-5-2/h6-17H,4-5H2,1-3H3/q+1. The molecular weight excluding hydrogens is 340 g/mol. The van der Waals surface area contributed by atoms with Crippen molar-refractivity contribution in [3.05, 3.63) is 78.4 Å². The molecule has 0 saturated heterocycles. The van der Waals surface area contributed by atoms with E-state index in [2.05, 4.69) is 79.7 Å². The minimum atomic E-state index is -0.158. The zero-order valence-electron chi connectivity index (χ0n) is 15.6. The highest BCUT2D eigenvalue weighted by molar-refractivity contribution is 7.97. The summed E-state index contributed by atoms with van der Waals surface area (Å²) < 4.78 is 11.2. The van der Waals surface area contributed by atoms with Crippen molar-refractivity contribution in [1.82, 2.24) is 0 Å². The van der Waals surface area contributed by atoms with Gasteiger partial charge in [0, 0.05) is 0 Å². The number of hydrogen-bond donors (Lipinski definition) is 0. The van der Waals surface area contributed by atoms with E-state index < -0.39 is 0 Å². The maximum absolute atomic E-state index is 5.60. The van der Waals surface area contributed by atoms with Crippen LogP contribution in [0.15, 0.2) is 87.5 Å². The molecule has 0 spiro atoms. The number of hydrogen-bond acceptors (Lipinski definition) is 2. The lowest BCUT2D eigenvalue weighted by Gasteiger charge is -2.10. The summed E-state index contributed by atoms with van der Waals surface area (Å²) in [5, 5.41) is 0. The number of ether oxygens (including phenoxy) is 2. The SMILES string of the molecule is CCOc1ccc([S+](c2ccc(C)cc2)c2ccc(OCC)cc2)cc1. The lowest BCUT2D eigenvalue weighted by molar-refractivity contribution is 0.340. The smallest absolute Gasteiger partial charge is 0.166 e. The molecule has 0 fully saturated rings. The summed E-state index contributed by atoms with van der Waals surface area (Å²) >= 11 is 0. The third-order valence-corrected chi connectivity index (χ3v) is 6.23. The third-order valence-electron chi connectivity index (χ3n) is 4.00. The predicted molar refractivity (Wildman–Crippen MR) is 109 cm³/mol. The van der Waals surface area contributed by atoms with E-state index in [0.29, 0.717) is 13.2 Å². The van der Waals surface area contributed by atoms with Crippen LogP contribution in [0.5, 0.6) is 11.5 Å². The first-order chi connectivity index (χ1) is 12.7. The van der Waals surface area contributed by atoms with Crippen molar-refractivity contribution in [3.8, 4) is 11.5 Å². The van der Waals surface area contributed by atoms with Crippen molar-refractivity contribution in [2.75, 3.05) is 13.2 Å². The van der Waals surface area contributed by atoms with E-state index in [1.165, 1.54) is 20.2 Å². The third kappa shape index (κ3) is 4.41. The average Bonchev–Trinajstić information content (AvgIpc) is 2.67. The van der Waals surface area contributed by atoms with E-state index in [9.17, 15) is 0 Å². The van der Waals surface area contributed by atoms with Crippen LogP contribution in [-0.4, -0.2) is 13.2 Å².